The molecule has 5 nitrogen and oxygen atoms in total. The number of nitrogens with one attached hydrogen (secondary N) is 1. The normalized spacial score (nSPS) is 20.0. The number of hydrogen-bond acceptors (Lipinski definition) is 3. The lowest BCUT2D eigenvalue weighted by Gasteiger charge is -2.25. The van der Waals surface area contributed by atoms with Crippen molar-refractivity contribution in [3.05, 3.63) is 42.0 Å². The Balaban J connectivity index is 0.00000261. The van der Waals surface area contributed by atoms with E-state index in [1.165, 1.54) is 12.0 Å². The summed E-state index contributed by atoms with van der Waals surface area (Å²) in [5, 5.41) is 3.45. The number of aryl methyl sites for hydroxylation is 1. The van der Waals surface area contributed by atoms with Gasteiger partial charge in [0.05, 0.1) is 6.61 Å². The van der Waals surface area contributed by atoms with Gasteiger partial charge < -0.3 is 15.0 Å². The fourth-order valence-corrected chi connectivity index (χ4v) is 3.60. The van der Waals surface area contributed by atoms with E-state index < -0.39 is 0 Å². The minimum absolute atomic E-state index is 0. The van der Waals surface area contributed by atoms with Gasteiger partial charge in [-0.3, -0.25) is 9.89 Å². The molecular formula is C21H33IN4O. The van der Waals surface area contributed by atoms with Crippen LogP contribution < -0.4 is 10.1 Å². The largest absolute Gasteiger partial charge is 0.493 e. The van der Waals surface area contributed by atoms with Crippen molar-refractivity contribution in [3.8, 4) is 5.75 Å². The highest BCUT2D eigenvalue weighted by Gasteiger charge is 2.29. The number of hydrogen-bond donors (Lipinski definition) is 1. The van der Waals surface area contributed by atoms with Crippen LogP contribution in [-0.4, -0.2) is 67.7 Å². The van der Waals surface area contributed by atoms with Gasteiger partial charge in [0.15, 0.2) is 5.96 Å². The fourth-order valence-electron chi connectivity index (χ4n) is 3.60. The Bertz CT molecular complexity index is 626. The highest BCUT2D eigenvalue weighted by Crippen LogP contribution is 2.18. The monoisotopic (exact) mass is 484 g/mol. The van der Waals surface area contributed by atoms with Crippen LogP contribution in [0.25, 0.3) is 0 Å². The van der Waals surface area contributed by atoms with Crippen LogP contribution in [0.15, 0.2) is 41.4 Å². The molecule has 1 unspecified atom stereocenters. The van der Waals surface area contributed by atoms with Gasteiger partial charge >= 0.3 is 0 Å². The fraction of sp³-hybridized carbons (Fsp3) is 0.571. The van der Waals surface area contributed by atoms with E-state index in [2.05, 4.69) is 47.2 Å². The highest BCUT2D eigenvalue weighted by molar-refractivity contribution is 14.0. The standard InChI is InChI=1S/C21H32N4O.HI/c1-3-22-21(25-15-11-19(17-25)24-13-6-7-14-24)23-12-8-16-26-20-10-5-4-9-18(20)2;/h4-7,9-10,19H,3,8,11-17H2,1-2H3,(H,22,23);1H. The maximum Gasteiger partial charge on any atom is 0.193 e. The molecule has 1 aromatic rings. The van der Waals surface area contributed by atoms with Crippen molar-refractivity contribution in [2.75, 3.05) is 45.9 Å². The molecule has 2 aliphatic heterocycles. The van der Waals surface area contributed by atoms with Crippen molar-refractivity contribution < 1.29 is 4.74 Å². The summed E-state index contributed by atoms with van der Waals surface area (Å²) in [5.41, 5.74) is 1.18. The lowest BCUT2D eigenvalue weighted by atomic mass is 10.2. The minimum Gasteiger partial charge on any atom is -0.493 e. The van der Waals surface area contributed by atoms with Crippen molar-refractivity contribution >= 4 is 29.9 Å². The van der Waals surface area contributed by atoms with Crippen LogP contribution in [0.5, 0.6) is 5.75 Å². The summed E-state index contributed by atoms with van der Waals surface area (Å²) < 4.78 is 5.87. The summed E-state index contributed by atoms with van der Waals surface area (Å²) in [6, 6.07) is 8.81. The molecule has 1 atom stereocenters. The summed E-state index contributed by atoms with van der Waals surface area (Å²) in [7, 11) is 0. The molecule has 1 N–H and O–H groups in total. The molecule has 1 fully saturated rings. The first kappa shape index (κ1) is 22.0. The van der Waals surface area contributed by atoms with E-state index in [1.54, 1.807) is 0 Å². The molecule has 0 saturated carbocycles. The van der Waals surface area contributed by atoms with Gasteiger partial charge in [-0.05, 0) is 31.9 Å². The average molecular weight is 484 g/mol. The zero-order chi connectivity index (χ0) is 18.2. The number of para-hydroxylation sites is 1. The maximum atomic E-state index is 5.87. The summed E-state index contributed by atoms with van der Waals surface area (Å²) in [5.74, 6) is 2.03. The first-order chi connectivity index (χ1) is 12.8. The van der Waals surface area contributed by atoms with Crippen molar-refractivity contribution in [1.82, 2.24) is 15.1 Å². The maximum absolute atomic E-state index is 5.87. The number of halogens is 1. The number of benzene rings is 1. The second-order valence-corrected chi connectivity index (χ2v) is 7.02. The molecule has 1 aromatic carbocycles. The van der Waals surface area contributed by atoms with Crippen LogP contribution in [0.3, 0.4) is 0 Å². The van der Waals surface area contributed by atoms with Gasteiger partial charge in [-0.1, -0.05) is 30.4 Å². The molecule has 2 aliphatic rings. The van der Waals surface area contributed by atoms with Crippen LogP contribution in [0.2, 0.25) is 0 Å². The Kier molecular flexibility index (Phi) is 9.41. The molecule has 3 rings (SSSR count). The Morgan fingerprint density at radius 3 is 2.78 bits per heavy atom. The van der Waals surface area contributed by atoms with Crippen LogP contribution in [0.1, 0.15) is 25.3 Å². The summed E-state index contributed by atoms with van der Waals surface area (Å²) in [6.45, 7) is 11.0. The van der Waals surface area contributed by atoms with E-state index >= 15 is 0 Å². The van der Waals surface area contributed by atoms with Crippen LogP contribution in [0, 0.1) is 6.92 Å². The van der Waals surface area contributed by atoms with Gasteiger partial charge in [-0.25, -0.2) is 0 Å². The van der Waals surface area contributed by atoms with Crippen molar-refractivity contribution in [2.45, 2.75) is 32.7 Å². The third-order valence-electron chi connectivity index (χ3n) is 5.08. The molecule has 0 amide bonds. The minimum atomic E-state index is 0. The number of ether oxygens (including phenoxy) is 1. The smallest absolute Gasteiger partial charge is 0.193 e. The third kappa shape index (κ3) is 6.38. The summed E-state index contributed by atoms with van der Waals surface area (Å²) in [4.78, 5) is 9.79. The van der Waals surface area contributed by atoms with Crippen molar-refractivity contribution in [1.29, 1.82) is 0 Å². The van der Waals surface area contributed by atoms with Crippen LogP contribution >= 0.6 is 24.0 Å². The van der Waals surface area contributed by atoms with Gasteiger partial charge in [0.1, 0.15) is 5.75 Å². The lowest BCUT2D eigenvalue weighted by Crippen LogP contribution is -2.42. The average Bonchev–Trinajstić information content (AvgIpc) is 3.33. The van der Waals surface area contributed by atoms with Gasteiger partial charge in [-0.2, -0.15) is 0 Å². The molecule has 150 valence electrons. The number of likely N-dealkylation sites (tertiary alicyclic amines) is 1. The zero-order valence-electron chi connectivity index (χ0n) is 16.6. The predicted molar refractivity (Wildman–Crippen MR) is 123 cm³/mol. The summed E-state index contributed by atoms with van der Waals surface area (Å²) >= 11 is 0. The molecule has 6 heteroatoms. The predicted octanol–water partition coefficient (Wildman–Crippen LogP) is 3.29. The number of aliphatic imine (C=N–C) groups is 1. The molecule has 27 heavy (non-hydrogen) atoms. The Labute approximate surface area is 180 Å². The van der Waals surface area contributed by atoms with E-state index in [0.29, 0.717) is 12.6 Å². The van der Waals surface area contributed by atoms with Crippen molar-refractivity contribution in [3.63, 3.8) is 0 Å². The van der Waals surface area contributed by atoms with Gasteiger partial charge in [0.25, 0.3) is 0 Å². The van der Waals surface area contributed by atoms with E-state index in [0.717, 1.165) is 57.4 Å². The number of nitrogens with zero attached hydrogens (tertiary/aromatic N) is 3. The van der Waals surface area contributed by atoms with E-state index in [-0.39, 0.29) is 24.0 Å². The molecule has 0 aromatic heterocycles. The molecule has 0 bridgehead atoms. The molecular weight excluding hydrogens is 451 g/mol. The molecule has 1 saturated heterocycles. The first-order valence-electron chi connectivity index (χ1n) is 9.88. The van der Waals surface area contributed by atoms with Gasteiger partial charge in [0, 0.05) is 51.7 Å². The highest BCUT2D eigenvalue weighted by atomic mass is 127. The van der Waals surface area contributed by atoms with Crippen molar-refractivity contribution in [2.24, 2.45) is 4.99 Å². The van der Waals surface area contributed by atoms with Gasteiger partial charge in [-0.15, -0.1) is 24.0 Å². The zero-order valence-corrected chi connectivity index (χ0v) is 18.9. The number of guanidine groups is 1. The molecule has 0 spiro atoms. The quantitative estimate of drug-likeness (QED) is 0.212. The third-order valence-corrected chi connectivity index (χ3v) is 5.08. The van der Waals surface area contributed by atoms with Gasteiger partial charge in [0.2, 0.25) is 0 Å². The Morgan fingerprint density at radius 1 is 1.26 bits per heavy atom. The molecule has 0 aliphatic carbocycles. The second-order valence-electron chi connectivity index (χ2n) is 7.02. The molecule has 2 heterocycles. The van der Waals surface area contributed by atoms with E-state index in [4.69, 9.17) is 9.73 Å². The van der Waals surface area contributed by atoms with E-state index in [1.807, 2.05) is 18.2 Å². The Hall–Kier alpha value is -1.28. The topological polar surface area (TPSA) is 40.1 Å². The SMILES string of the molecule is CCNC(=NCCCOc1ccccc1C)N1CCC(N2CC=CC2)C1.I. The van der Waals surface area contributed by atoms with Crippen LogP contribution in [-0.2, 0) is 0 Å². The lowest BCUT2D eigenvalue weighted by molar-refractivity contribution is 0.259. The number of rotatable bonds is 7. The Morgan fingerprint density at radius 2 is 2.04 bits per heavy atom. The summed E-state index contributed by atoms with van der Waals surface area (Å²) in [6.07, 6.45) is 6.70. The van der Waals surface area contributed by atoms with E-state index in [9.17, 15) is 0 Å². The second kappa shape index (κ2) is 11.5. The van der Waals surface area contributed by atoms with Crippen LogP contribution in [0.4, 0.5) is 0 Å². The first-order valence-corrected chi connectivity index (χ1v) is 9.88. The molecule has 0 radical (unpaired) electrons.